The van der Waals surface area contributed by atoms with E-state index >= 15 is 0 Å². The van der Waals surface area contributed by atoms with Gasteiger partial charge in [0.2, 0.25) is 0 Å². The predicted octanol–water partition coefficient (Wildman–Crippen LogP) is 7.26. The Balaban J connectivity index is 1.46. The lowest BCUT2D eigenvalue weighted by Gasteiger charge is -2.13. The summed E-state index contributed by atoms with van der Waals surface area (Å²) in [6, 6.07) is 12.7. The maximum atomic E-state index is 12.6. The van der Waals surface area contributed by atoms with Gasteiger partial charge in [-0.05, 0) is 93.7 Å². The number of anilines is 2. The fourth-order valence-electron chi connectivity index (χ4n) is 5.74. The number of phenols is 2. The van der Waals surface area contributed by atoms with E-state index in [-0.39, 0.29) is 62.8 Å². The van der Waals surface area contributed by atoms with Crippen LogP contribution >= 0.6 is 45.2 Å². The van der Waals surface area contributed by atoms with E-state index < -0.39 is 82.7 Å². The highest BCUT2D eigenvalue weighted by molar-refractivity contribution is 14.1. The van der Waals surface area contributed by atoms with Crippen LogP contribution in [-0.4, -0.2) is 62.1 Å². The minimum atomic E-state index is -5.22. The number of hydrogen-bond donors (Lipinski definition) is 8. The Bertz CT molecular complexity index is 3090. The highest BCUT2D eigenvalue weighted by Gasteiger charge is 2.26. The first-order valence-electron chi connectivity index (χ1n) is 15.3. The molecule has 26 heteroatoms. The van der Waals surface area contributed by atoms with Crippen LogP contribution in [0.4, 0.5) is 34.1 Å². The molecule has 0 amide bonds. The Kier molecular flexibility index (Phi) is 11.2. The van der Waals surface area contributed by atoms with E-state index in [0.717, 1.165) is 48.5 Å². The minimum absolute atomic E-state index is 0.142. The number of aromatic hydroxyl groups is 2. The van der Waals surface area contributed by atoms with Gasteiger partial charge in [0.15, 0.2) is 0 Å². The zero-order valence-electron chi connectivity index (χ0n) is 28.2. The fraction of sp³-hybridized carbons (Fsp3) is 0. The molecule has 6 aromatic rings. The van der Waals surface area contributed by atoms with Gasteiger partial charge in [0.05, 0.1) is 40.7 Å². The molecule has 0 saturated heterocycles. The van der Waals surface area contributed by atoms with Gasteiger partial charge in [0.25, 0.3) is 40.5 Å². The third-order valence-electron chi connectivity index (χ3n) is 8.29. The van der Waals surface area contributed by atoms with Crippen molar-refractivity contribution in [2.24, 2.45) is 20.5 Å². The number of azo groups is 2. The third-order valence-corrected chi connectivity index (χ3v) is 13.6. The van der Waals surface area contributed by atoms with Crippen LogP contribution in [0.2, 0.25) is 0 Å². The standard InChI is InChI=1S/C32H22I2N6O14S4/c33-19-7-5-17-25(57(49,50)51)11-21(29(35)27(17)31(19)41)39-37-13-1-3-15(23(9-13)55(43,44)45)16-4-2-14(10-24(16)56(46,47)48)38-40-22-12-26(58(52,53)54)18-6-8-20(34)32(42)28(18)30(22)36/h1-12,41-42H,35-36H2,(H,43,44,45)(H,46,47,48)(H,49,50,51)(H,52,53,54)/b39-37+,40-38+. The van der Waals surface area contributed by atoms with Crippen molar-refractivity contribution in [3.05, 3.63) is 79.9 Å². The summed E-state index contributed by atoms with van der Waals surface area (Å²) in [6.07, 6.45) is 0. The molecule has 0 saturated carbocycles. The van der Waals surface area contributed by atoms with Gasteiger partial charge in [-0.3, -0.25) is 18.2 Å². The van der Waals surface area contributed by atoms with E-state index in [2.05, 4.69) is 20.5 Å². The molecule has 20 nitrogen and oxygen atoms in total. The molecule has 0 heterocycles. The smallest absolute Gasteiger partial charge is 0.295 e. The van der Waals surface area contributed by atoms with Crippen LogP contribution in [0.5, 0.6) is 11.5 Å². The maximum absolute atomic E-state index is 12.6. The van der Waals surface area contributed by atoms with Crippen molar-refractivity contribution in [2.45, 2.75) is 19.6 Å². The molecule has 0 aliphatic rings. The van der Waals surface area contributed by atoms with Crippen LogP contribution in [0.25, 0.3) is 32.7 Å². The number of benzene rings is 6. The van der Waals surface area contributed by atoms with Crippen LogP contribution in [0.15, 0.2) is 113 Å². The highest BCUT2D eigenvalue weighted by Crippen LogP contribution is 2.45. The molecular weight excluding hydrogens is 1070 g/mol. The topological polar surface area (TPSA) is 359 Å². The molecule has 0 aromatic heterocycles. The zero-order valence-corrected chi connectivity index (χ0v) is 35.8. The van der Waals surface area contributed by atoms with E-state index in [4.69, 9.17) is 11.5 Å². The van der Waals surface area contributed by atoms with Crippen molar-refractivity contribution in [3.63, 3.8) is 0 Å². The number of fused-ring (bicyclic) bond motifs is 2. The van der Waals surface area contributed by atoms with Crippen molar-refractivity contribution in [1.82, 2.24) is 0 Å². The van der Waals surface area contributed by atoms with E-state index in [1.54, 1.807) is 45.2 Å². The number of hydrogen-bond acceptors (Lipinski definition) is 16. The van der Waals surface area contributed by atoms with Crippen molar-refractivity contribution in [3.8, 4) is 22.6 Å². The van der Waals surface area contributed by atoms with Gasteiger partial charge >= 0.3 is 0 Å². The van der Waals surface area contributed by atoms with Crippen LogP contribution in [0.1, 0.15) is 0 Å². The summed E-state index contributed by atoms with van der Waals surface area (Å²) in [4.78, 5) is -3.28. The summed E-state index contributed by atoms with van der Waals surface area (Å²) in [7, 11) is -20.3. The number of nitrogens with zero attached hydrogens (tertiary/aromatic N) is 4. The molecule has 0 aliphatic heterocycles. The summed E-state index contributed by atoms with van der Waals surface area (Å²) in [5.74, 6) is -0.867. The minimum Gasteiger partial charge on any atom is -0.506 e. The fourth-order valence-corrected chi connectivity index (χ4v) is 9.50. The normalized spacial score (nSPS) is 13.0. The predicted molar refractivity (Wildman–Crippen MR) is 225 cm³/mol. The molecule has 6 rings (SSSR count). The first kappa shape index (κ1) is 42.9. The van der Waals surface area contributed by atoms with Gasteiger partial charge in [0, 0.05) is 21.9 Å². The summed E-state index contributed by atoms with van der Waals surface area (Å²) in [5, 5.41) is 36.1. The first-order chi connectivity index (χ1) is 26.8. The Morgan fingerprint density at radius 1 is 0.448 bits per heavy atom. The average Bonchev–Trinajstić information content (AvgIpc) is 3.12. The summed E-state index contributed by atoms with van der Waals surface area (Å²) in [6.45, 7) is 0. The number of nitrogen functional groups attached to an aromatic ring is 2. The SMILES string of the molecule is Nc1c(/N=N/c2ccc(-c3ccc(/N=N/c4cc(S(=O)(=O)O)c5ccc(I)c(O)c5c4N)cc3S(=O)(=O)O)c(S(=O)(=O)O)c2)cc(S(=O)(=O)O)c2ccc(I)c(O)c12. The van der Waals surface area contributed by atoms with Crippen LogP contribution in [0.3, 0.4) is 0 Å². The lowest BCUT2D eigenvalue weighted by Crippen LogP contribution is -2.05. The van der Waals surface area contributed by atoms with Crippen LogP contribution < -0.4 is 11.5 Å². The van der Waals surface area contributed by atoms with E-state index in [1.807, 2.05) is 0 Å². The number of halogens is 2. The van der Waals surface area contributed by atoms with Crippen molar-refractivity contribution < 1.29 is 62.1 Å². The van der Waals surface area contributed by atoms with Gasteiger partial charge in [-0.25, -0.2) is 0 Å². The molecule has 302 valence electrons. The molecule has 10 N–H and O–H groups in total. The Morgan fingerprint density at radius 2 is 0.776 bits per heavy atom. The first-order valence-corrected chi connectivity index (χ1v) is 23.2. The highest BCUT2D eigenvalue weighted by atomic mass is 127. The average molecular weight is 1100 g/mol. The second kappa shape index (κ2) is 15.2. The van der Waals surface area contributed by atoms with Crippen molar-refractivity contribution in [2.75, 3.05) is 11.5 Å². The summed E-state index contributed by atoms with van der Waals surface area (Å²) >= 11 is 3.51. The lowest BCUT2D eigenvalue weighted by atomic mass is 10.0. The van der Waals surface area contributed by atoms with E-state index in [1.165, 1.54) is 24.3 Å². The number of nitrogens with two attached hydrogens (primary N) is 2. The third kappa shape index (κ3) is 8.28. The number of phenolic OH excluding ortho intramolecular Hbond substituents is 2. The molecule has 0 bridgehead atoms. The van der Waals surface area contributed by atoms with Crippen LogP contribution in [-0.2, 0) is 40.5 Å². The second-order valence-corrected chi connectivity index (χ2v) is 19.8. The number of rotatable bonds is 9. The van der Waals surface area contributed by atoms with E-state index in [9.17, 15) is 62.1 Å². The van der Waals surface area contributed by atoms with Gasteiger partial charge in [-0.15, -0.1) is 10.2 Å². The van der Waals surface area contributed by atoms with E-state index in [0.29, 0.717) is 0 Å². The Morgan fingerprint density at radius 3 is 1.09 bits per heavy atom. The molecule has 0 fully saturated rings. The van der Waals surface area contributed by atoms with Crippen molar-refractivity contribution >= 4 is 141 Å². The Hall–Kier alpha value is -4.66. The molecule has 6 aromatic carbocycles. The molecule has 0 aliphatic carbocycles. The quantitative estimate of drug-likeness (QED) is 0.0305. The van der Waals surface area contributed by atoms with Gasteiger partial charge in [0.1, 0.15) is 42.5 Å². The molecular formula is C32H22I2N6O14S4. The second-order valence-electron chi connectivity index (χ2n) is 11.9. The maximum Gasteiger partial charge on any atom is 0.295 e. The molecule has 58 heavy (non-hydrogen) atoms. The van der Waals surface area contributed by atoms with Gasteiger partial charge < -0.3 is 21.7 Å². The molecule has 0 atom stereocenters. The Labute approximate surface area is 354 Å². The van der Waals surface area contributed by atoms with Gasteiger partial charge in [-0.1, -0.05) is 24.3 Å². The zero-order chi connectivity index (χ0) is 42.9. The molecule has 0 radical (unpaired) electrons. The lowest BCUT2D eigenvalue weighted by molar-refractivity contribution is 0.476. The summed E-state index contributed by atoms with van der Waals surface area (Å²) < 4.78 is 140. The van der Waals surface area contributed by atoms with Gasteiger partial charge in [-0.2, -0.15) is 43.9 Å². The summed E-state index contributed by atoms with van der Waals surface area (Å²) in [5.41, 5.74) is 9.39. The monoisotopic (exact) mass is 1100 g/mol. The largest absolute Gasteiger partial charge is 0.506 e. The molecule has 0 unspecified atom stereocenters. The molecule has 0 spiro atoms. The van der Waals surface area contributed by atoms with Crippen molar-refractivity contribution in [1.29, 1.82) is 0 Å². The van der Waals surface area contributed by atoms with Crippen LogP contribution in [0, 0.1) is 7.14 Å².